The van der Waals surface area contributed by atoms with Crippen LogP contribution in [0, 0.1) is 0 Å². The third-order valence-electron chi connectivity index (χ3n) is 2.75. The van der Waals surface area contributed by atoms with E-state index in [1.54, 1.807) is 0 Å². The van der Waals surface area contributed by atoms with Crippen LogP contribution in [0.4, 0.5) is 8.78 Å². The fourth-order valence-electron chi connectivity index (χ4n) is 0.561. The molecule has 0 aromatic carbocycles. The second-order valence-corrected chi connectivity index (χ2v) is 9.92. The number of alkyl halides is 2. The molecule has 0 saturated carbocycles. The summed E-state index contributed by atoms with van der Waals surface area (Å²) in [6.45, 7) is 8.72. The van der Waals surface area contributed by atoms with E-state index in [9.17, 15) is 8.78 Å². The van der Waals surface area contributed by atoms with Gasteiger partial charge in [0.15, 0.2) is 8.32 Å². The third-order valence-corrected chi connectivity index (χ3v) is 7.23. The molecule has 0 aromatic heterocycles. The van der Waals surface area contributed by atoms with Gasteiger partial charge < -0.3 is 10.2 Å². The van der Waals surface area contributed by atoms with Gasteiger partial charge in [0, 0.05) is 0 Å². The van der Waals surface area contributed by atoms with Crippen molar-refractivity contribution in [1.29, 1.82) is 0 Å². The van der Waals surface area contributed by atoms with Gasteiger partial charge >= 0.3 is 0 Å². The molecule has 2 nitrogen and oxygen atoms in total. The molecule has 0 radical (unpaired) electrons. The fraction of sp³-hybridized carbons (Fsp3) is 1.00. The van der Waals surface area contributed by atoms with Gasteiger partial charge in [-0.15, -0.1) is 0 Å². The molecule has 0 heterocycles. The molecule has 0 aliphatic rings. The fourth-order valence-corrected chi connectivity index (χ4v) is 1.57. The Hall–Kier alpha value is -0.00312. The van der Waals surface area contributed by atoms with Crippen LogP contribution in [0.5, 0.6) is 0 Å². The monoisotopic (exact) mass is 225 g/mol. The topological polar surface area (TPSA) is 35.2 Å². The largest absolute Gasteiger partial charge is 0.411 e. The van der Waals surface area contributed by atoms with E-state index in [1.807, 2.05) is 33.9 Å². The van der Waals surface area contributed by atoms with Gasteiger partial charge in [0.25, 0.3) is 5.92 Å². The SMILES string of the molecule is CC(C)(C)[Si](C)(C)OCC(F)(F)CN. The summed E-state index contributed by atoms with van der Waals surface area (Å²) < 4.78 is 31.0. The van der Waals surface area contributed by atoms with Gasteiger partial charge in [-0.2, -0.15) is 0 Å². The van der Waals surface area contributed by atoms with Crippen LogP contribution in [0.15, 0.2) is 0 Å². The van der Waals surface area contributed by atoms with Gasteiger partial charge in [0.2, 0.25) is 0 Å². The zero-order valence-electron chi connectivity index (χ0n) is 9.66. The molecule has 0 spiro atoms. The summed E-state index contributed by atoms with van der Waals surface area (Å²) in [6.07, 6.45) is 0. The zero-order chi connectivity index (χ0) is 11.6. The lowest BCUT2D eigenvalue weighted by molar-refractivity contribution is -0.0361. The van der Waals surface area contributed by atoms with Crippen molar-refractivity contribution < 1.29 is 13.2 Å². The van der Waals surface area contributed by atoms with Crippen molar-refractivity contribution in [3.8, 4) is 0 Å². The Labute approximate surface area is 85.9 Å². The second-order valence-electron chi connectivity index (χ2n) is 5.11. The van der Waals surface area contributed by atoms with Gasteiger partial charge in [0.1, 0.15) is 0 Å². The lowest BCUT2D eigenvalue weighted by atomic mass is 10.2. The molecule has 0 aliphatic carbocycles. The van der Waals surface area contributed by atoms with Crippen LogP contribution in [-0.4, -0.2) is 27.4 Å². The average Bonchev–Trinajstić information content (AvgIpc) is 1.99. The van der Waals surface area contributed by atoms with Crippen LogP contribution in [0.2, 0.25) is 18.1 Å². The van der Waals surface area contributed by atoms with Crippen LogP contribution in [0.1, 0.15) is 20.8 Å². The van der Waals surface area contributed by atoms with Crippen LogP contribution >= 0.6 is 0 Å². The molecule has 0 aromatic rings. The van der Waals surface area contributed by atoms with E-state index < -0.39 is 27.4 Å². The molecule has 0 unspecified atom stereocenters. The summed E-state index contributed by atoms with van der Waals surface area (Å²) in [5, 5.41) is -0.0440. The number of hydrogen-bond acceptors (Lipinski definition) is 2. The first-order valence-corrected chi connectivity index (χ1v) is 7.64. The highest BCUT2D eigenvalue weighted by Crippen LogP contribution is 2.37. The average molecular weight is 225 g/mol. The first kappa shape index (κ1) is 14.0. The molecule has 0 bridgehead atoms. The quantitative estimate of drug-likeness (QED) is 0.746. The highest BCUT2D eigenvalue weighted by atomic mass is 28.4. The second kappa shape index (κ2) is 4.24. The van der Waals surface area contributed by atoms with E-state index >= 15 is 0 Å². The zero-order valence-corrected chi connectivity index (χ0v) is 10.7. The lowest BCUT2D eigenvalue weighted by Gasteiger charge is -2.37. The minimum atomic E-state index is -2.89. The van der Waals surface area contributed by atoms with Crippen molar-refractivity contribution >= 4 is 8.32 Å². The van der Waals surface area contributed by atoms with Gasteiger partial charge in [0.05, 0.1) is 13.2 Å². The molecule has 14 heavy (non-hydrogen) atoms. The Balaban J connectivity index is 4.27. The lowest BCUT2D eigenvalue weighted by Crippen LogP contribution is -2.45. The number of halogens is 2. The van der Waals surface area contributed by atoms with E-state index in [4.69, 9.17) is 10.2 Å². The van der Waals surface area contributed by atoms with Crippen molar-refractivity contribution in [3.63, 3.8) is 0 Å². The van der Waals surface area contributed by atoms with E-state index in [1.165, 1.54) is 0 Å². The molecule has 0 atom stereocenters. The predicted octanol–water partition coefficient (Wildman–Crippen LogP) is 2.60. The number of hydrogen-bond donors (Lipinski definition) is 1. The Morgan fingerprint density at radius 1 is 1.21 bits per heavy atom. The molecule has 0 saturated heterocycles. The highest BCUT2D eigenvalue weighted by molar-refractivity contribution is 6.74. The first-order valence-electron chi connectivity index (χ1n) is 4.74. The molecule has 0 aliphatic heterocycles. The van der Waals surface area contributed by atoms with Gasteiger partial charge in [-0.3, -0.25) is 0 Å². The van der Waals surface area contributed by atoms with Crippen molar-refractivity contribution in [1.82, 2.24) is 0 Å². The van der Waals surface area contributed by atoms with E-state index in [0.717, 1.165) is 0 Å². The van der Waals surface area contributed by atoms with Crippen LogP contribution < -0.4 is 5.73 Å². The normalized spacial score (nSPS) is 14.6. The standard InChI is InChI=1S/C9H21F2NOSi/c1-8(2,3)14(4,5)13-7-9(10,11)6-12/h6-7,12H2,1-5H3. The van der Waals surface area contributed by atoms with Gasteiger partial charge in [-0.1, -0.05) is 20.8 Å². The summed E-state index contributed by atoms with van der Waals surface area (Å²) in [6, 6.07) is 0. The van der Waals surface area contributed by atoms with Crippen molar-refractivity contribution in [3.05, 3.63) is 0 Å². The van der Waals surface area contributed by atoms with Crippen molar-refractivity contribution in [2.45, 2.75) is 44.8 Å². The molecular formula is C9H21F2NOSi. The predicted molar refractivity (Wildman–Crippen MR) is 57.2 cm³/mol. The summed E-state index contributed by atoms with van der Waals surface area (Å²) >= 11 is 0. The molecule has 2 N–H and O–H groups in total. The highest BCUT2D eigenvalue weighted by Gasteiger charge is 2.40. The first-order chi connectivity index (χ1) is 6.02. The van der Waals surface area contributed by atoms with Crippen LogP contribution in [0.25, 0.3) is 0 Å². The van der Waals surface area contributed by atoms with Gasteiger partial charge in [-0.25, -0.2) is 8.78 Å². The maximum Gasteiger partial charge on any atom is 0.281 e. The molecular weight excluding hydrogens is 204 g/mol. The van der Waals surface area contributed by atoms with E-state index in [2.05, 4.69) is 0 Å². The molecule has 5 heteroatoms. The summed E-state index contributed by atoms with van der Waals surface area (Å²) in [5.41, 5.74) is 4.93. The van der Waals surface area contributed by atoms with Gasteiger partial charge in [-0.05, 0) is 18.1 Å². The molecule has 86 valence electrons. The summed E-state index contributed by atoms with van der Waals surface area (Å²) in [4.78, 5) is 0. The Morgan fingerprint density at radius 2 is 1.64 bits per heavy atom. The maximum atomic E-state index is 12.8. The molecule has 0 fully saturated rings. The Bertz CT molecular complexity index is 190. The summed E-state index contributed by atoms with van der Waals surface area (Å²) in [7, 11) is -2.07. The summed E-state index contributed by atoms with van der Waals surface area (Å²) in [5.74, 6) is -2.89. The van der Waals surface area contributed by atoms with Crippen LogP contribution in [0.3, 0.4) is 0 Å². The molecule has 0 rings (SSSR count). The number of rotatable bonds is 4. The molecule has 0 amide bonds. The minimum Gasteiger partial charge on any atom is -0.411 e. The van der Waals surface area contributed by atoms with E-state index in [-0.39, 0.29) is 5.04 Å². The van der Waals surface area contributed by atoms with Crippen molar-refractivity contribution in [2.75, 3.05) is 13.2 Å². The van der Waals surface area contributed by atoms with Crippen molar-refractivity contribution in [2.24, 2.45) is 5.73 Å². The van der Waals surface area contributed by atoms with Crippen LogP contribution in [-0.2, 0) is 4.43 Å². The maximum absolute atomic E-state index is 12.8. The Kier molecular flexibility index (Phi) is 4.24. The smallest absolute Gasteiger partial charge is 0.281 e. The van der Waals surface area contributed by atoms with E-state index in [0.29, 0.717) is 0 Å². The third kappa shape index (κ3) is 4.02. The minimum absolute atomic E-state index is 0.0440. The number of nitrogens with two attached hydrogens (primary N) is 1. The Morgan fingerprint density at radius 3 is 1.93 bits per heavy atom.